The van der Waals surface area contributed by atoms with Gasteiger partial charge in [0.1, 0.15) is 18.1 Å². The fraction of sp³-hybridized carbons (Fsp3) is 0.296. The summed E-state index contributed by atoms with van der Waals surface area (Å²) in [7, 11) is 0. The van der Waals surface area contributed by atoms with E-state index in [1.807, 2.05) is 82.3 Å². The molecule has 0 spiro atoms. The van der Waals surface area contributed by atoms with Crippen molar-refractivity contribution in [2.45, 2.75) is 52.2 Å². The van der Waals surface area contributed by atoms with Crippen LogP contribution < -0.4 is 10.2 Å². The van der Waals surface area contributed by atoms with Gasteiger partial charge in [-0.15, -0.1) is 5.10 Å². The molecule has 0 fully saturated rings. The number of nitrogens with one attached hydrogen (secondary N) is 1. The van der Waals surface area contributed by atoms with Crippen LogP contribution in [0.25, 0.3) is 11.0 Å². The molecule has 1 N–H and O–H groups in total. The molecule has 0 saturated heterocycles. The fourth-order valence-electron chi connectivity index (χ4n) is 3.83. The molecule has 8 heteroatoms. The first-order valence-electron chi connectivity index (χ1n) is 11.7. The lowest BCUT2D eigenvalue weighted by molar-refractivity contribution is -0.128. The maximum atomic E-state index is 13.9. The van der Waals surface area contributed by atoms with E-state index >= 15 is 0 Å². The molecule has 0 saturated carbocycles. The van der Waals surface area contributed by atoms with Gasteiger partial charge in [-0.2, -0.15) is 0 Å². The number of nitrogens with zero attached hydrogens (tertiary/aromatic N) is 5. The summed E-state index contributed by atoms with van der Waals surface area (Å²) < 4.78 is 1.56. The third kappa shape index (κ3) is 5.37. The molecule has 0 radical (unpaired) electrons. The number of carbonyl (C=O) groups is 2. The quantitative estimate of drug-likeness (QED) is 0.416. The number of amides is 2. The molecule has 2 aromatic heterocycles. The molecule has 0 aliphatic rings. The highest BCUT2D eigenvalue weighted by molar-refractivity contribution is 6.01. The average Bonchev–Trinajstić information content (AvgIpc) is 3.26. The lowest BCUT2D eigenvalue weighted by Crippen LogP contribution is -2.51. The fourth-order valence-corrected chi connectivity index (χ4v) is 3.83. The van der Waals surface area contributed by atoms with E-state index in [1.165, 1.54) is 4.90 Å². The molecule has 180 valence electrons. The highest BCUT2D eigenvalue weighted by Gasteiger charge is 2.35. The Labute approximate surface area is 205 Å². The lowest BCUT2D eigenvalue weighted by Gasteiger charge is -2.34. The smallest absolute Gasteiger partial charge is 0.249 e. The number of pyridine rings is 1. The molecule has 4 aromatic rings. The Morgan fingerprint density at radius 2 is 1.80 bits per heavy atom. The molecule has 2 heterocycles. The maximum absolute atomic E-state index is 13.9. The second-order valence-electron chi connectivity index (χ2n) is 9.25. The second-order valence-corrected chi connectivity index (χ2v) is 9.25. The number of anilines is 1. The average molecular weight is 471 g/mol. The number of para-hydroxylation sites is 1. The number of carbonyl (C=O) groups excluding carboxylic acids is 2. The van der Waals surface area contributed by atoms with Crippen LogP contribution in [0.1, 0.15) is 44.4 Å². The summed E-state index contributed by atoms with van der Waals surface area (Å²) in [5.41, 5.74) is 3.30. The highest BCUT2D eigenvalue weighted by Crippen LogP contribution is 2.29. The second kappa shape index (κ2) is 10.0. The minimum Gasteiger partial charge on any atom is -0.349 e. The van der Waals surface area contributed by atoms with Gasteiger partial charge in [0.2, 0.25) is 11.8 Å². The number of benzene rings is 2. The molecule has 0 aliphatic heterocycles. The monoisotopic (exact) mass is 470 g/mol. The molecule has 35 heavy (non-hydrogen) atoms. The van der Waals surface area contributed by atoms with Crippen LogP contribution in [-0.2, 0) is 16.1 Å². The van der Waals surface area contributed by atoms with Crippen molar-refractivity contribution in [3.63, 3.8) is 0 Å². The van der Waals surface area contributed by atoms with Crippen LogP contribution in [0.15, 0.2) is 73.1 Å². The highest BCUT2D eigenvalue weighted by atomic mass is 16.2. The predicted octanol–water partition coefficient (Wildman–Crippen LogP) is 4.21. The first kappa shape index (κ1) is 24.1. The van der Waals surface area contributed by atoms with Gasteiger partial charge in [0.05, 0.1) is 5.52 Å². The standard InChI is InChI=1S/C27H30N6O2/c1-5-27(3,4)29-26(35)25(20-9-8-16-28-17-20)33(21-14-12-19(2)13-15-21)24(34)18-32-23-11-7-6-10-22(23)30-31-32/h6-17,25H,5,18H2,1-4H3,(H,29,35)/t25-/m0/s1. The maximum Gasteiger partial charge on any atom is 0.249 e. The third-order valence-electron chi connectivity index (χ3n) is 6.14. The molecule has 0 unspecified atom stereocenters. The topological polar surface area (TPSA) is 93.0 Å². The zero-order valence-electron chi connectivity index (χ0n) is 20.5. The van der Waals surface area contributed by atoms with Gasteiger partial charge in [-0.3, -0.25) is 19.5 Å². The first-order valence-corrected chi connectivity index (χ1v) is 11.7. The Balaban J connectivity index is 1.79. The summed E-state index contributed by atoms with van der Waals surface area (Å²) in [6, 6.07) is 17.7. The van der Waals surface area contributed by atoms with E-state index in [9.17, 15) is 9.59 Å². The summed E-state index contributed by atoms with van der Waals surface area (Å²) in [6.07, 6.45) is 4.01. The first-order chi connectivity index (χ1) is 16.8. The minimum atomic E-state index is -0.917. The third-order valence-corrected chi connectivity index (χ3v) is 6.14. The molecule has 0 aliphatic carbocycles. The van der Waals surface area contributed by atoms with Gasteiger partial charge in [0, 0.05) is 29.2 Å². The van der Waals surface area contributed by atoms with Crippen molar-refractivity contribution in [1.29, 1.82) is 0 Å². The van der Waals surface area contributed by atoms with Gasteiger partial charge in [0.25, 0.3) is 0 Å². The number of hydrogen-bond acceptors (Lipinski definition) is 5. The van der Waals surface area contributed by atoms with E-state index in [4.69, 9.17) is 0 Å². The summed E-state index contributed by atoms with van der Waals surface area (Å²) in [5, 5.41) is 11.5. The van der Waals surface area contributed by atoms with Gasteiger partial charge < -0.3 is 5.32 Å². The molecular weight excluding hydrogens is 440 g/mol. The van der Waals surface area contributed by atoms with Crippen molar-refractivity contribution in [3.05, 3.63) is 84.2 Å². The van der Waals surface area contributed by atoms with E-state index in [1.54, 1.807) is 23.1 Å². The van der Waals surface area contributed by atoms with Crippen molar-refractivity contribution in [1.82, 2.24) is 25.3 Å². The van der Waals surface area contributed by atoms with Crippen LogP contribution >= 0.6 is 0 Å². The van der Waals surface area contributed by atoms with Gasteiger partial charge in [-0.25, -0.2) is 4.68 Å². The Morgan fingerprint density at radius 1 is 1.06 bits per heavy atom. The summed E-state index contributed by atoms with van der Waals surface area (Å²) in [5.74, 6) is -0.565. The van der Waals surface area contributed by atoms with Crippen LogP contribution in [-0.4, -0.2) is 37.3 Å². The van der Waals surface area contributed by atoms with Gasteiger partial charge in [-0.1, -0.05) is 48.0 Å². The zero-order chi connectivity index (χ0) is 25.0. The zero-order valence-corrected chi connectivity index (χ0v) is 20.5. The molecule has 8 nitrogen and oxygen atoms in total. The van der Waals surface area contributed by atoms with Crippen LogP contribution in [0.4, 0.5) is 5.69 Å². The van der Waals surface area contributed by atoms with Crippen molar-refractivity contribution >= 4 is 28.5 Å². The summed E-state index contributed by atoms with van der Waals surface area (Å²) in [6.45, 7) is 7.84. The molecule has 4 rings (SSSR count). The predicted molar refractivity (Wildman–Crippen MR) is 136 cm³/mol. The van der Waals surface area contributed by atoms with Gasteiger partial charge >= 0.3 is 0 Å². The normalized spacial score (nSPS) is 12.3. The number of aromatic nitrogens is 4. The van der Waals surface area contributed by atoms with E-state index < -0.39 is 11.6 Å². The van der Waals surface area contributed by atoms with Crippen molar-refractivity contribution in [2.24, 2.45) is 0 Å². The number of rotatable bonds is 8. The molecule has 1 atom stereocenters. The van der Waals surface area contributed by atoms with E-state index in [2.05, 4.69) is 20.6 Å². The Morgan fingerprint density at radius 3 is 2.49 bits per heavy atom. The van der Waals surface area contributed by atoms with Crippen LogP contribution in [0.2, 0.25) is 0 Å². The Hall–Kier alpha value is -4.07. The Kier molecular flexibility index (Phi) is 6.91. The van der Waals surface area contributed by atoms with Crippen molar-refractivity contribution in [3.8, 4) is 0 Å². The largest absolute Gasteiger partial charge is 0.349 e. The summed E-state index contributed by atoms with van der Waals surface area (Å²) in [4.78, 5) is 33.4. The molecule has 2 aromatic carbocycles. The number of aryl methyl sites for hydroxylation is 1. The number of hydrogen-bond donors (Lipinski definition) is 1. The van der Waals surface area contributed by atoms with Crippen LogP contribution in [0, 0.1) is 6.92 Å². The number of fused-ring (bicyclic) bond motifs is 1. The lowest BCUT2D eigenvalue weighted by atomic mass is 9.99. The van der Waals surface area contributed by atoms with Crippen molar-refractivity contribution in [2.75, 3.05) is 4.90 Å². The minimum absolute atomic E-state index is 0.0738. The van der Waals surface area contributed by atoms with Crippen molar-refractivity contribution < 1.29 is 9.59 Å². The molecular formula is C27H30N6O2. The van der Waals surface area contributed by atoms with Gasteiger partial charge in [0.15, 0.2) is 0 Å². The van der Waals surface area contributed by atoms with E-state index in [-0.39, 0.29) is 18.4 Å². The SMILES string of the molecule is CCC(C)(C)NC(=O)[C@H](c1cccnc1)N(C(=O)Cn1nnc2ccccc21)c1ccc(C)cc1. The van der Waals surface area contributed by atoms with E-state index in [0.29, 0.717) is 16.8 Å². The van der Waals surface area contributed by atoms with E-state index in [0.717, 1.165) is 17.5 Å². The summed E-state index contributed by atoms with van der Waals surface area (Å²) >= 11 is 0. The molecule has 0 bridgehead atoms. The molecule has 2 amide bonds. The van der Waals surface area contributed by atoms with Crippen LogP contribution in [0.3, 0.4) is 0 Å². The Bertz CT molecular complexity index is 1310. The van der Waals surface area contributed by atoms with Crippen LogP contribution in [0.5, 0.6) is 0 Å². The van der Waals surface area contributed by atoms with Gasteiger partial charge in [-0.05, 0) is 57.5 Å².